The van der Waals surface area contributed by atoms with Crippen molar-refractivity contribution in [2.24, 2.45) is 0 Å². The van der Waals surface area contributed by atoms with Crippen LogP contribution >= 0.6 is 55.5 Å². The molecule has 0 N–H and O–H groups in total. The van der Waals surface area contributed by atoms with Gasteiger partial charge in [0.2, 0.25) is 0 Å². The van der Waals surface area contributed by atoms with E-state index in [0.717, 1.165) is 16.7 Å². The zero-order valence-electron chi connectivity index (χ0n) is 6.58. The lowest BCUT2D eigenvalue weighted by atomic mass is 10.5. The van der Waals surface area contributed by atoms with Crippen LogP contribution in [0.2, 0.25) is 0 Å². The minimum atomic E-state index is 0. The van der Waals surface area contributed by atoms with Crippen LogP contribution in [0.25, 0.3) is 5.65 Å². The third-order valence-electron chi connectivity index (χ3n) is 1.60. The van der Waals surface area contributed by atoms with Gasteiger partial charge < -0.3 is 4.40 Å². The van der Waals surface area contributed by atoms with E-state index < -0.39 is 0 Å². The van der Waals surface area contributed by atoms with E-state index >= 15 is 0 Å². The molecule has 0 bridgehead atoms. The molecule has 0 fully saturated rings. The van der Waals surface area contributed by atoms with Crippen molar-refractivity contribution in [2.45, 2.75) is 5.33 Å². The largest absolute Gasteiger partial charge is 0.306 e. The molecular weight excluding hydrogens is 411 g/mol. The summed E-state index contributed by atoms with van der Waals surface area (Å²) >= 11 is 5.67. The van der Waals surface area contributed by atoms with Crippen molar-refractivity contribution in [1.82, 2.24) is 9.38 Å². The molecule has 0 saturated heterocycles. The molecule has 5 heteroatoms. The lowest BCUT2D eigenvalue weighted by Gasteiger charge is -1.91. The van der Waals surface area contributed by atoms with E-state index in [1.165, 1.54) is 3.57 Å². The highest BCUT2D eigenvalue weighted by molar-refractivity contribution is 14.1. The van der Waals surface area contributed by atoms with Gasteiger partial charge in [-0.05, 0) is 34.7 Å². The molecule has 2 rings (SSSR count). The Morgan fingerprint density at radius 2 is 2.15 bits per heavy atom. The number of rotatable bonds is 1. The smallest absolute Gasteiger partial charge is 0.137 e. The van der Waals surface area contributed by atoms with E-state index in [0.29, 0.717) is 0 Å². The van der Waals surface area contributed by atoms with Crippen LogP contribution in [0.15, 0.2) is 24.5 Å². The van der Waals surface area contributed by atoms with Crippen molar-refractivity contribution in [2.75, 3.05) is 0 Å². The Bertz CT molecular complexity index is 413. The average molecular weight is 418 g/mol. The maximum absolute atomic E-state index is 4.39. The fourth-order valence-electron chi connectivity index (χ4n) is 1.08. The quantitative estimate of drug-likeness (QED) is 0.513. The molecule has 0 unspecified atom stereocenters. The first-order valence-corrected chi connectivity index (χ1v) is 5.69. The first-order chi connectivity index (χ1) is 5.79. The third-order valence-corrected chi connectivity index (χ3v) is 2.81. The van der Waals surface area contributed by atoms with Crippen LogP contribution in [0.1, 0.15) is 5.69 Å². The molecule has 0 radical (unpaired) electrons. The first-order valence-electron chi connectivity index (χ1n) is 3.49. The highest BCUT2D eigenvalue weighted by Gasteiger charge is 1.98. The minimum Gasteiger partial charge on any atom is -0.306 e. The third kappa shape index (κ3) is 2.44. The van der Waals surface area contributed by atoms with E-state index in [1.54, 1.807) is 0 Å². The number of alkyl halides is 1. The molecule has 2 aromatic rings. The number of hydrogen-bond acceptors (Lipinski definition) is 1. The predicted octanol–water partition coefficient (Wildman–Crippen LogP) is 3.41. The monoisotopic (exact) mass is 416 g/mol. The molecule has 13 heavy (non-hydrogen) atoms. The van der Waals surface area contributed by atoms with Gasteiger partial charge in [-0.3, -0.25) is 0 Å². The van der Waals surface area contributed by atoms with Crippen LogP contribution in [0.4, 0.5) is 0 Å². The molecule has 0 spiro atoms. The highest BCUT2D eigenvalue weighted by atomic mass is 127. The van der Waals surface area contributed by atoms with Gasteiger partial charge in [-0.2, -0.15) is 0 Å². The lowest BCUT2D eigenvalue weighted by Crippen LogP contribution is -1.82. The minimum absolute atomic E-state index is 0. The van der Waals surface area contributed by atoms with Gasteiger partial charge in [-0.1, -0.05) is 15.9 Å². The Balaban J connectivity index is 0.000000845. The number of hydrogen-bond donors (Lipinski definition) is 0. The number of imidazole rings is 1. The van der Waals surface area contributed by atoms with E-state index in [2.05, 4.69) is 55.8 Å². The van der Waals surface area contributed by atoms with Gasteiger partial charge in [-0.25, -0.2) is 4.98 Å². The Hall–Kier alpha value is 0.380. The van der Waals surface area contributed by atoms with Gasteiger partial charge >= 0.3 is 0 Å². The first kappa shape index (κ1) is 11.5. The van der Waals surface area contributed by atoms with Gasteiger partial charge in [0.1, 0.15) is 5.65 Å². The summed E-state index contributed by atoms with van der Waals surface area (Å²) in [6, 6.07) is 4.08. The predicted molar refractivity (Wildman–Crippen MR) is 70.9 cm³/mol. The van der Waals surface area contributed by atoms with Gasteiger partial charge in [0.05, 0.1) is 5.69 Å². The number of pyridine rings is 1. The molecule has 0 aromatic carbocycles. The van der Waals surface area contributed by atoms with Gasteiger partial charge in [0.25, 0.3) is 0 Å². The van der Waals surface area contributed by atoms with Crippen LogP contribution in [-0.2, 0) is 5.33 Å². The molecule has 2 nitrogen and oxygen atoms in total. The molecule has 0 amide bonds. The summed E-state index contributed by atoms with van der Waals surface area (Å²) in [5.74, 6) is 0. The van der Waals surface area contributed by atoms with Crippen LogP contribution < -0.4 is 0 Å². The molecule has 0 aliphatic carbocycles. The highest BCUT2D eigenvalue weighted by Crippen LogP contribution is 2.10. The van der Waals surface area contributed by atoms with Crippen molar-refractivity contribution in [3.8, 4) is 0 Å². The standard InChI is InChI=1S/C8H6BrIN2.BrH/c9-3-7-5-12-4-6(10)1-2-8(12)11-7;/h1-2,4-5H,3H2;1H. The topological polar surface area (TPSA) is 17.3 Å². The Morgan fingerprint density at radius 3 is 2.85 bits per heavy atom. The second-order valence-corrected chi connectivity index (χ2v) is 4.29. The van der Waals surface area contributed by atoms with E-state index in [9.17, 15) is 0 Å². The Morgan fingerprint density at radius 1 is 1.38 bits per heavy atom. The zero-order valence-corrected chi connectivity index (χ0v) is 12.0. The number of nitrogens with zero attached hydrogens (tertiary/aromatic N) is 2. The summed E-state index contributed by atoms with van der Waals surface area (Å²) < 4.78 is 3.26. The summed E-state index contributed by atoms with van der Waals surface area (Å²) in [7, 11) is 0. The van der Waals surface area contributed by atoms with Gasteiger partial charge in [-0.15, -0.1) is 17.0 Å². The van der Waals surface area contributed by atoms with Crippen molar-refractivity contribution in [3.63, 3.8) is 0 Å². The molecule has 2 heterocycles. The van der Waals surface area contributed by atoms with Crippen molar-refractivity contribution < 1.29 is 0 Å². The summed E-state index contributed by atoms with van der Waals surface area (Å²) in [6.45, 7) is 0. The van der Waals surface area contributed by atoms with E-state index in [4.69, 9.17) is 0 Å². The average Bonchev–Trinajstić information content (AvgIpc) is 2.46. The van der Waals surface area contributed by atoms with Gasteiger partial charge in [0.15, 0.2) is 0 Å². The summed E-state index contributed by atoms with van der Waals surface area (Å²) in [5, 5.41) is 0.811. The molecular formula is C8H7Br2IN2. The second-order valence-electron chi connectivity index (χ2n) is 2.48. The number of fused-ring (bicyclic) bond motifs is 1. The van der Waals surface area contributed by atoms with Crippen molar-refractivity contribution in [1.29, 1.82) is 0 Å². The molecule has 2 aromatic heterocycles. The van der Waals surface area contributed by atoms with Crippen LogP contribution in [0.5, 0.6) is 0 Å². The maximum Gasteiger partial charge on any atom is 0.137 e. The molecule has 70 valence electrons. The van der Waals surface area contributed by atoms with Crippen molar-refractivity contribution in [3.05, 3.63) is 33.8 Å². The van der Waals surface area contributed by atoms with Crippen LogP contribution in [0, 0.1) is 3.57 Å². The SMILES string of the molecule is Br.BrCc1cn2cc(I)ccc2n1. The fourth-order valence-corrected chi connectivity index (χ4v) is 1.83. The second kappa shape index (κ2) is 4.75. The lowest BCUT2D eigenvalue weighted by molar-refractivity contribution is 1.17. The van der Waals surface area contributed by atoms with Crippen LogP contribution in [0.3, 0.4) is 0 Å². The molecule has 0 aliphatic rings. The number of halogens is 3. The van der Waals surface area contributed by atoms with Crippen molar-refractivity contribution >= 4 is 61.1 Å². The zero-order chi connectivity index (χ0) is 8.55. The summed E-state index contributed by atoms with van der Waals surface area (Å²) in [4.78, 5) is 4.39. The van der Waals surface area contributed by atoms with E-state index in [1.807, 2.05) is 16.7 Å². The molecule has 0 atom stereocenters. The Labute approximate surface area is 109 Å². The fraction of sp³-hybridized carbons (Fsp3) is 0.125. The maximum atomic E-state index is 4.39. The molecule has 0 saturated carbocycles. The number of aromatic nitrogens is 2. The molecule has 0 aliphatic heterocycles. The summed E-state index contributed by atoms with van der Waals surface area (Å²) in [5.41, 5.74) is 2.07. The normalized spacial score (nSPS) is 10.0. The van der Waals surface area contributed by atoms with E-state index in [-0.39, 0.29) is 17.0 Å². The van der Waals surface area contributed by atoms with Crippen LogP contribution in [-0.4, -0.2) is 9.38 Å². The summed E-state index contributed by atoms with van der Waals surface area (Å²) in [6.07, 6.45) is 4.10. The van der Waals surface area contributed by atoms with Gasteiger partial charge in [0, 0.05) is 21.3 Å². The Kier molecular flexibility index (Phi) is 4.18.